The highest BCUT2D eigenvalue weighted by Crippen LogP contribution is 2.24. The number of aromatic nitrogens is 1. The Morgan fingerprint density at radius 2 is 1.70 bits per heavy atom. The molecule has 1 aromatic carbocycles. The molecule has 0 spiro atoms. The van der Waals surface area contributed by atoms with Gasteiger partial charge in [0.2, 0.25) is 10.0 Å². The monoisotopic (exact) mass is 289 g/mol. The molecule has 0 atom stereocenters. The first-order valence-corrected chi connectivity index (χ1v) is 7.87. The van der Waals surface area contributed by atoms with E-state index < -0.39 is 10.0 Å². The van der Waals surface area contributed by atoms with Crippen LogP contribution in [0.25, 0.3) is 11.1 Å². The fourth-order valence-corrected chi connectivity index (χ4v) is 3.20. The van der Waals surface area contributed by atoms with Crippen molar-refractivity contribution in [1.82, 2.24) is 9.71 Å². The molecule has 6 heteroatoms. The molecule has 1 fully saturated rings. The third kappa shape index (κ3) is 2.81. The van der Waals surface area contributed by atoms with Gasteiger partial charge in [-0.15, -0.1) is 0 Å². The SMILES string of the molecule is Nc1ccc(-c2ccc(S(=O)(=O)NC3CC3)cc2)cn1. The molecule has 1 aliphatic carbocycles. The summed E-state index contributed by atoms with van der Waals surface area (Å²) in [6, 6.07) is 10.4. The van der Waals surface area contributed by atoms with Crippen molar-refractivity contribution in [2.75, 3.05) is 5.73 Å². The largest absolute Gasteiger partial charge is 0.384 e. The fraction of sp³-hybridized carbons (Fsp3) is 0.214. The molecule has 0 amide bonds. The van der Waals surface area contributed by atoms with Gasteiger partial charge in [0, 0.05) is 17.8 Å². The van der Waals surface area contributed by atoms with E-state index in [1.165, 1.54) is 0 Å². The molecule has 1 aliphatic rings. The standard InChI is InChI=1S/C14H15N3O2S/c15-14-8-3-11(9-16-14)10-1-6-13(7-2-10)20(18,19)17-12-4-5-12/h1-3,6-9,12,17H,4-5H2,(H2,15,16). The number of hydrogen-bond donors (Lipinski definition) is 2. The molecular weight excluding hydrogens is 274 g/mol. The average molecular weight is 289 g/mol. The lowest BCUT2D eigenvalue weighted by molar-refractivity contribution is 0.581. The molecule has 2 aromatic rings. The zero-order valence-electron chi connectivity index (χ0n) is 10.8. The van der Waals surface area contributed by atoms with E-state index in [1.807, 2.05) is 6.07 Å². The van der Waals surface area contributed by atoms with Crippen LogP contribution < -0.4 is 10.5 Å². The molecule has 5 nitrogen and oxygen atoms in total. The Labute approximate surface area is 117 Å². The molecule has 0 saturated heterocycles. The van der Waals surface area contributed by atoms with Crippen molar-refractivity contribution in [3.05, 3.63) is 42.6 Å². The van der Waals surface area contributed by atoms with Gasteiger partial charge in [0.25, 0.3) is 0 Å². The van der Waals surface area contributed by atoms with Crippen molar-refractivity contribution >= 4 is 15.8 Å². The highest BCUT2D eigenvalue weighted by molar-refractivity contribution is 7.89. The number of benzene rings is 1. The Bertz CT molecular complexity index is 705. The summed E-state index contributed by atoms with van der Waals surface area (Å²) in [5.41, 5.74) is 7.35. The van der Waals surface area contributed by atoms with E-state index >= 15 is 0 Å². The van der Waals surface area contributed by atoms with Crippen LogP contribution in [0, 0.1) is 0 Å². The quantitative estimate of drug-likeness (QED) is 0.898. The minimum absolute atomic E-state index is 0.112. The average Bonchev–Trinajstić information content (AvgIpc) is 3.23. The topological polar surface area (TPSA) is 85.1 Å². The zero-order chi connectivity index (χ0) is 14.2. The third-order valence-electron chi connectivity index (χ3n) is 3.18. The lowest BCUT2D eigenvalue weighted by atomic mass is 10.1. The molecule has 20 heavy (non-hydrogen) atoms. The van der Waals surface area contributed by atoms with Crippen LogP contribution in [-0.2, 0) is 10.0 Å². The second kappa shape index (κ2) is 4.88. The predicted octanol–water partition coefficient (Wildman–Crippen LogP) is 1.77. The number of pyridine rings is 1. The number of nitrogens with zero attached hydrogens (tertiary/aromatic N) is 1. The second-order valence-corrected chi connectivity index (χ2v) is 6.61. The minimum atomic E-state index is -3.39. The number of nitrogens with two attached hydrogens (primary N) is 1. The first kappa shape index (κ1) is 13.1. The van der Waals surface area contributed by atoms with E-state index in [1.54, 1.807) is 36.5 Å². The fourth-order valence-electron chi connectivity index (χ4n) is 1.89. The molecule has 1 aromatic heterocycles. The Hall–Kier alpha value is -1.92. The van der Waals surface area contributed by atoms with Crippen molar-refractivity contribution in [2.45, 2.75) is 23.8 Å². The van der Waals surface area contributed by atoms with Crippen molar-refractivity contribution in [2.24, 2.45) is 0 Å². The van der Waals surface area contributed by atoms with Gasteiger partial charge in [-0.3, -0.25) is 0 Å². The predicted molar refractivity (Wildman–Crippen MR) is 77.4 cm³/mol. The van der Waals surface area contributed by atoms with Gasteiger partial charge in [-0.1, -0.05) is 12.1 Å². The molecule has 0 bridgehead atoms. The smallest absolute Gasteiger partial charge is 0.240 e. The first-order valence-electron chi connectivity index (χ1n) is 6.39. The summed E-state index contributed by atoms with van der Waals surface area (Å²) in [6.45, 7) is 0. The van der Waals surface area contributed by atoms with Gasteiger partial charge < -0.3 is 5.73 Å². The first-order chi connectivity index (χ1) is 9.54. The van der Waals surface area contributed by atoms with Crippen LogP contribution in [-0.4, -0.2) is 19.4 Å². The number of hydrogen-bond acceptors (Lipinski definition) is 4. The summed E-state index contributed by atoms with van der Waals surface area (Å²) in [4.78, 5) is 4.31. The number of anilines is 1. The number of nitrogen functional groups attached to an aromatic ring is 1. The Balaban J connectivity index is 1.85. The molecule has 3 rings (SSSR count). The summed E-state index contributed by atoms with van der Waals surface area (Å²) >= 11 is 0. The maximum Gasteiger partial charge on any atom is 0.240 e. The van der Waals surface area contributed by atoms with Gasteiger partial charge in [0.15, 0.2) is 0 Å². The molecule has 1 heterocycles. The van der Waals surface area contributed by atoms with Gasteiger partial charge in [-0.05, 0) is 42.7 Å². The summed E-state index contributed by atoms with van der Waals surface area (Å²) in [5.74, 6) is 0.460. The van der Waals surface area contributed by atoms with Gasteiger partial charge in [-0.25, -0.2) is 18.1 Å². The lowest BCUT2D eigenvalue weighted by Gasteiger charge is -2.07. The Morgan fingerprint density at radius 1 is 1.05 bits per heavy atom. The summed E-state index contributed by atoms with van der Waals surface area (Å²) < 4.78 is 26.7. The minimum Gasteiger partial charge on any atom is -0.384 e. The van der Waals surface area contributed by atoms with Crippen molar-refractivity contribution < 1.29 is 8.42 Å². The molecule has 0 aliphatic heterocycles. The van der Waals surface area contributed by atoms with Crippen LogP contribution in [0.15, 0.2) is 47.5 Å². The van der Waals surface area contributed by atoms with Crippen molar-refractivity contribution in [1.29, 1.82) is 0 Å². The van der Waals surface area contributed by atoms with Gasteiger partial charge in [0.1, 0.15) is 5.82 Å². The summed E-state index contributed by atoms with van der Waals surface area (Å²) in [6.07, 6.45) is 3.52. The van der Waals surface area contributed by atoms with E-state index in [-0.39, 0.29) is 10.9 Å². The van der Waals surface area contributed by atoms with Crippen LogP contribution in [0.1, 0.15) is 12.8 Å². The molecule has 104 valence electrons. The molecule has 3 N–H and O–H groups in total. The van der Waals surface area contributed by atoms with Crippen molar-refractivity contribution in [3.8, 4) is 11.1 Å². The van der Waals surface area contributed by atoms with Crippen molar-refractivity contribution in [3.63, 3.8) is 0 Å². The van der Waals surface area contributed by atoms with E-state index in [9.17, 15) is 8.42 Å². The van der Waals surface area contributed by atoms with E-state index in [2.05, 4.69) is 9.71 Å². The lowest BCUT2D eigenvalue weighted by Crippen LogP contribution is -2.25. The Kier molecular flexibility index (Phi) is 3.19. The Morgan fingerprint density at radius 3 is 2.25 bits per heavy atom. The third-order valence-corrected chi connectivity index (χ3v) is 4.72. The van der Waals surface area contributed by atoms with Gasteiger partial charge >= 0.3 is 0 Å². The van der Waals surface area contributed by atoms with Crippen LogP contribution in [0.2, 0.25) is 0 Å². The van der Waals surface area contributed by atoms with Gasteiger partial charge in [0.05, 0.1) is 4.90 Å². The molecular formula is C14H15N3O2S. The highest BCUT2D eigenvalue weighted by atomic mass is 32.2. The van der Waals surface area contributed by atoms with Crippen LogP contribution in [0.5, 0.6) is 0 Å². The van der Waals surface area contributed by atoms with Crippen LogP contribution >= 0.6 is 0 Å². The molecule has 0 radical (unpaired) electrons. The summed E-state index contributed by atoms with van der Waals surface area (Å²) in [7, 11) is -3.39. The number of sulfonamides is 1. The zero-order valence-corrected chi connectivity index (χ0v) is 11.6. The normalized spacial score (nSPS) is 15.2. The molecule has 1 saturated carbocycles. The van der Waals surface area contributed by atoms with Crippen LogP contribution in [0.4, 0.5) is 5.82 Å². The highest BCUT2D eigenvalue weighted by Gasteiger charge is 2.27. The van der Waals surface area contributed by atoms with Crippen LogP contribution in [0.3, 0.4) is 0 Å². The van der Waals surface area contributed by atoms with E-state index in [4.69, 9.17) is 5.73 Å². The van der Waals surface area contributed by atoms with Gasteiger partial charge in [-0.2, -0.15) is 0 Å². The molecule has 0 unspecified atom stereocenters. The number of rotatable bonds is 4. The maximum absolute atomic E-state index is 12.0. The number of nitrogens with one attached hydrogen (secondary N) is 1. The van der Waals surface area contributed by atoms with E-state index in [0.29, 0.717) is 5.82 Å². The maximum atomic E-state index is 12.0. The second-order valence-electron chi connectivity index (χ2n) is 4.89. The summed E-state index contributed by atoms with van der Waals surface area (Å²) in [5, 5.41) is 0. The van der Waals surface area contributed by atoms with E-state index in [0.717, 1.165) is 24.0 Å².